The standard InChI is InChI=1S/C11H21BrN4/c1-4-7-16-10(13-9-15-16)8-14-11(2,3)5-6-12/h9,14H,4-8H2,1-3H3. The minimum Gasteiger partial charge on any atom is -0.305 e. The van der Waals surface area contributed by atoms with Crippen LogP contribution in [0.5, 0.6) is 0 Å². The van der Waals surface area contributed by atoms with Gasteiger partial charge in [0.25, 0.3) is 0 Å². The number of halogens is 1. The monoisotopic (exact) mass is 288 g/mol. The molecule has 0 aromatic carbocycles. The van der Waals surface area contributed by atoms with Gasteiger partial charge in [0.2, 0.25) is 0 Å². The van der Waals surface area contributed by atoms with Crippen LogP contribution in [0.1, 0.15) is 39.4 Å². The summed E-state index contributed by atoms with van der Waals surface area (Å²) in [6.07, 6.45) is 3.81. The zero-order chi connectivity index (χ0) is 12.0. The van der Waals surface area contributed by atoms with Crippen LogP contribution in [0.4, 0.5) is 0 Å². The highest BCUT2D eigenvalue weighted by molar-refractivity contribution is 9.09. The maximum atomic E-state index is 4.28. The van der Waals surface area contributed by atoms with Crippen molar-refractivity contribution < 1.29 is 0 Å². The first-order valence-electron chi connectivity index (χ1n) is 5.76. The lowest BCUT2D eigenvalue weighted by molar-refractivity contribution is 0.366. The van der Waals surface area contributed by atoms with Crippen LogP contribution in [0.25, 0.3) is 0 Å². The zero-order valence-corrected chi connectivity index (χ0v) is 11.9. The molecule has 4 nitrogen and oxygen atoms in total. The van der Waals surface area contributed by atoms with Gasteiger partial charge in [-0.3, -0.25) is 0 Å². The summed E-state index contributed by atoms with van der Waals surface area (Å²) in [4.78, 5) is 4.28. The van der Waals surface area contributed by atoms with Crippen molar-refractivity contribution in [1.82, 2.24) is 20.1 Å². The van der Waals surface area contributed by atoms with E-state index in [0.29, 0.717) is 0 Å². The third kappa shape index (κ3) is 4.22. The first kappa shape index (κ1) is 13.6. The van der Waals surface area contributed by atoms with E-state index in [0.717, 1.165) is 37.1 Å². The van der Waals surface area contributed by atoms with E-state index in [2.05, 4.69) is 52.1 Å². The molecule has 0 fully saturated rings. The van der Waals surface area contributed by atoms with Crippen molar-refractivity contribution in [3.63, 3.8) is 0 Å². The van der Waals surface area contributed by atoms with Crippen LogP contribution >= 0.6 is 15.9 Å². The minimum atomic E-state index is 0.131. The van der Waals surface area contributed by atoms with Gasteiger partial charge >= 0.3 is 0 Å². The number of hydrogen-bond acceptors (Lipinski definition) is 3. The van der Waals surface area contributed by atoms with E-state index in [1.165, 1.54) is 0 Å². The van der Waals surface area contributed by atoms with Crippen LogP contribution < -0.4 is 5.32 Å². The second kappa shape index (κ2) is 6.35. The van der Waals surface area contributed by atoms with E-state index >= 15 is 0 Å². The van der Waals surface area contributed by atoms with Crippen molar-refractivity contribution in [3.05, 3.63) is 12.2 Å². The van der Waals surface area contributed by atoms with Crippen molar-refractivity contribution in [1.29, 1.82) is 0 Å². The Bertz CT molecular complexity index is 309. The van der Waals surface area contributed by atoms with E-state index in [1.54, 1.807) is 6.33 Å². The maximum Gasteiger partial charge on any atom is 0.140 e. The summed E-state index contributed by atoms with van der Waals surface area (Å²) >= 11 is 3.47. The summed E-state index contributed by atoms with van der Waals surface area (Å²) in [5, 5.41) is 8.73. The molecule has 0 atom stereocenters. The van der Waals surface area contributed by atoms with Crippen LogP contribution in [0.3, 0.4) is 0 Å². The quantitative estimate of drug-likeness (QED) is 0.783. The number of aromatic nitrogens is 3. The SMILES string of the molecule is CCCn1ncnc1CNC(C)(C)CCBr. The molecule has 0 saturated carbocycles. The molecule has 92 valence electrons. The molecular weight excluding hydrogens is 268 g/mol. The Hall–Kier alpha value is -0.420. The van der Waals surface area contributed by atoms with Crippen molar-refractivity contribution in [2.45, 2.75) is 52.2 Å². The van der Waals surface area contributed by atoms with E-state index in [9.17, 15) is 0 Å². The fourth-order valence-electron chi connectivity index (χ4n) is 1.47. The lowest BCUT2D eigenvalue weighted by Crippen LogP contribution is -2.39. The molecule has 5 heteroatoms. The number of nitrogens with one attached hydrogen (secondary N) is 1. The Labute approximate surface area is 106 Å². The first-order chi connectivity index (χ1) is 7.59. The molecule has 0 unspecified atom stereocenters. The number of hydrogen-bond donors (Lipinski definition) is 1. The van der Waals surface area contributed by atoms with Crippen LogP contribution in [0.2, 0.25) is 0 Å². The van der Waals surface area contributed by atoms with Gasteiger partial charge in [-0.05, 0) is 26.7 Å². The van der Waals surface area contributed by atoms with E-state index in [1.807, 2.05) is 4.68 Å². The Morgan fingerprint density at radius 3 is 2.88 bits per heavy atom. The van der Waals surface area contributed by atoms with Gasteiger partial charge < -0.3 is 5.32 Å². The van der Waals surface area contributed by atoms with E-state index < -0.39 is 0 Å². The average molecular weight is 289 g/mol. The molecule has 1 rings (SSSR count). The zero-order valence-electron chi connectivity index (χ0n) is 10.3. The fraction of sp³-hybridized carbons (Fsp3) is 0.818. The molecule has 0 aliphatic heterocycles. The summed E-state index contributed by atoms with van der Waals surface area (Å²) in [6.45, 7) is 8.27. The predicted octanol–water partition coefficient (Wildman–Crippen LogP) is 2.34. The Balaban J connectivity index is 2.50. The molecule has 1 heterocycles. The van der Waals surface area contributed by atoms with Gasteiger partial charge in [0, 0.05) is 17.4 Å². The number of rotatable bonds is 7. The van der Waals surface area contributed by atoms with Gasteiger partial charge in [0.15, 0.2) is 0 Å². The highest BCUT2D eigenvalue weighted by Gasteiger charge is 2.16. The van der Waals surface area contributed by atoms with Crippen molar-refractivity contribution in [2.75, 3.05) is 5.33 Å². The molecule has 0 saturated heterocycles. The third-order valence-corrected chi connectivity index (χ3v) is 2.97. The number of aryl methyl sites for hydroxylation is 1. The number of nitrogens with zero attached hydrogens (tertiary/aromatic N) is 3. The van der Waals surface area contributed by atoms with E-state index in [4.69, 9.17) is 0 Å². The molecule has 0 aliphatic carbocycles. The average Bonchev–Trinajstić information content (AvgIpc) is 2.63. The highest BCUT2D eigenvalue weighted by Crippen LogP contribution is 2.11. The summed E-state index contributed by atoms with van der Waals surface area (Å²) in [6, 6.07) is 0. The van der Waals surface area contributed by atoms with Crippen molar-refractivity contribution >= 4 is 15.9 Å². The molecule has 0 amide bonds. The molecule has 0 aliphatic rings. The molecule has 1 aromatic heterocycles. The van der Waals surface area contributed by atoms with Gasteiger partial charge in [0.1, 0.15) is 12.2 Å². The molecule has 0 bridgehead atoms. The van der Waals surface area contributed by atoms with Crippen LogP contribution in [0, 0.1) is 0 Å². The molecule has 1 aromatic rings. The first-order valence-corrected chi connectivity index (χ1v) is 6.89. The van der Waals surface area contributed by atoms with Gasteiger partial charge in [0.05, 0.1) is 6.54 Å². The lowest BCUT2D eigenvalue weighted by Gasteiger charge is -2.25. The van der Waals surface area contributed by atoms with Gasteiger partial charge in [-0.2, -0.15) is 5.10 Å². The minimum absolute atomic E-state index is 0.131. The molecule has 0 radical (unpaired) electrons. The maximum absolute atomic E-state index is 4.28. The lowest BCUT2D eigenvalue weighted by atomic mass is 10.0. The second-order valence-corrected chi connectivity index (χ2v) is 5.37. The van der Waals surface area contributed by atoms with Crippen LogP contribution in [-0.4, -0.2) is 25.6 Å². The topological polar surface area (TPSA) is 42.7 Å². The smallest absolute Gasteiger partial charge is 0.140 e. The highest BCUT2D eigenvalue weighted by atomic mass is 79.9. The molecular formula is C11H21BrN4. The Kier molecular flexibility index (Phi) is 5.41. The molecule has 16 heavy (non-hydrogen) atoms. The second-order valence-electron chi connectivity index (χ2n) is 4.58. The normalized spacial score (nSPS) is 12.0. The number of alkyl halides is 1. The van der Waals surface area contributed by atoms with Gasteiger partial charge in [-0.15, -0.1) is 0 Å². The van der Waals surface area contributed by atoms with Crippen LogP contribution in [0.15, 0.2) is 6.33 Å². The summed E-state index contributed by atoms with van der Waals surface area (Å²) in [7, 11) is 0. The largest absolute Gasteiger partial charge is 0.305 e. The van der Waals surface area contributed by atoms with E-state index in [-0.39, 0.29) is 5.54 Å². The summed E-state index contributed by atoms with van der Waals surface area (Å²) < 4.78 is 1.97. The van der Waals surface area contributed by atoms with Gasteiger partial charge in [-0.1, -0.05) is 22.9 Å². The van der Waals surface area contributed by atoms with Crippen molar-refractivity contribution in [3.8, 4) is 0 Å². The van der Waals surface area contributed by atoms with Crippen LogP contribution in [-0.2, 0) is 13.1 Å². The molecule has 0 spiro atoms. The van der Waals surface area contributed by atoms with Gasteiger partial charge in [-0.25, -0.2) is 9.67 Å². The predicted molar refractivity (Wildman–Crippen MR) is 69.6 cm³/mol. The fourth-order valence-corrected chi connectivity index (χ4v) is 2.46. The Morgan fingerprint density at radius 2 is 2.25 bits per heavy atom. The third-order valence-electron chi connectivity index (χ3n) is 2.58. The Morgan fingerprint density at radius 1 is 1.50 bits per heavy atom. The summed E-state index contributed by atoms with van der Waals surface area (Å²) in [5.41, 5.74) is 0.131. The van der Waals surface area contributed by atoms with Crippen molar-refractivity contribution in [2.24, 2.45) is 0 Å². The molecule has 1 N–H and O–H groups in total. The summed E-state index contributed by atoms with van der Waals surface area (Å²) in [5.74, 6) is 1.02.